The Morgan fingerprint density at radius 3 is 3.00 bits per heavy atom. The number of likely N-dealkylation sites (tertiary alicyclic amines) is 1. The molecular formula is C16H22N4O2. The molecule has 0 aliphatic carbocycles. The van der Waals surface area contributed by atoms with Crippen LogP contribution in [-0.2, 0) is 6.42 Å². The minimum atomic E-state index is -0.938. The van der Waals surface area contributed by atoms with Gasteiger partial charge in [-0.15, -0.1) is 10.2 Å². The van der Waals surface area contributed by atoms with Crippen molar-refractivity contribution in [2.75, 3.05) is 13.1 Å². The van der Waals surface area contributed by atoms with Crippen LogP contribution in [0.5, 0.6) is 0 Å². The number of nitrogens with zero attached hydrogens (tertiary/aromatic N) is 4. The van der Waals surface area contributed by atoms with Crippen molar-refractivity contribution in [2.45, 2.75) is 39.2 Å². The number of hydrogen-bond donors (Lipinski definition) is 1. The highest BCUT2D eigenvalue weighted by molar-refractivity contribution is 5.88. The van der Waals surface area contributed by atoms with Gasteiger partial charge in [0.15, 0.2) is 5.65 Å². The number of hydrogen-bond acceptors (Lipinski definition) is 4. The molecule has 0 aromatic carbocycles. The second kappa shape index (κ2) is 6.04. The van der Waals surface area contributed by atoms with Crippen molar-refractivity contribution < 1.29 is 9.90 Å². The predicted molar refractivity (Wildman–Crippen MR) is 83.1 cm³/mol. The van der Waals surface area contributed by atoms with Gasteiger partial charge in [-0.05, 0) is 51.3 Å². The van der Waals surface area contributed by atoms with Crippen molar-refractivity contribution in [2.24, 2.45) is 5.92 Å². The number of aromatic carboxylic acids is 1. The number of carboxylic acids is 1. The lowest BCUT2D eigenvalue weighted by atomic mass is 9.93. The topological polar surface area (TPSA) is 70.7 Å². The minimum absolute atomic E-state index is 0.245. The van der Waals surface area contributed by atoms with Crippen LogP contribution in [-0.4, -0.2) is 49.7 Å². The maximum atomic E-state index is 11.0. The largest absolute Gasteiger partial charge is 0.478 e. The fourth-order valence-electron chi connectivity index (χ4n) is 3.20. The third kappa shape index (κ3) is 2.97. The monoisotopic (exact) mass is 302 g/mol. The lowest BCUT2D eigenvalue weighted by Gasteiger charge is -2.35. The second-order valence-electron chi connectivity index (χ2n) is 6.37. The van der Waals surface area contributed by atoms with E-state index in [1.54, 1.807) is 18.3 Å². The van der Waals surface area contributed by atoms with Gasteiger partial charge >= 0.3 is 5.97 Å². The van der Waals surface area contributed by atoms with E-state index < -0.39 is 5.97 Å². The molecule has 1 saturated heterocycles. The molecule has 3 rings (SSSR count). The Hall–Kier alpha value is -1.95. The van der Waals surface area contributed by atoms with Gasteiger partial charge in [-0.1, -0.05) is 0 Å². The standard InChI is InChI=1S/C16H22N4O2/c1-11(2)19-6-3-4-12(10-19)8-14-17-18-15-9-13(16(21)22)5-7-20(14)15/h5,7,9,11-12H,3-4,6,8,10H2,1-2H3,(H,21,22). The summed E-state index contributed by atoms with van der Waals surface area (Å²) in [5.41, 5.74) is 0.849. The molecule has 2 aromatic heterocycles. The van der Waals surface area contributed by atoms with E-state index in [9.17, 15) is 4.79 Å². The van der Waals surface area contributed by atoms with Crippen LogP contribution in [0.2, 0.25) is 0 Å². The molecule has 2 aromatic rings. The summed E-state index contributed by atoms with van der Waals surface area (Å²) in [6.45, 7) is 6.75. The maximum absolute atomic E-state index is 11.0. The number of carbonyl (C=O) groups is 1. The van der Waals surface area contributed by atoms with Crippen molar-refractivity contribution in [3.05, 3.63) is 29.7 Å². The first-order chi connectivity index (χ1) is 10.5. The fraction of sp³-hybridized carbons (Fsp3) is 0.562. The van der Waals surface area contributed by atoms with E-state index in [4.69, 9.17) is 5.11 Å². The van der Waals surface area contributed by atoms with E-state index in [0.29, 0.717) is 17.6 Å². The summed E-state index contributed by atoms with van der Waals surface area (Å²) >= 11 is 0. The highest BCUT2D eigenvalue weighted by Gasteiger charge is 2.23. The van der Waals surface area contributed by atoms with Crippen molar-refractivity contribution in [3.63, 3.8) is 0 Å². The fourth-order valence-corrected chi connectivity index (χ4v) is 3.20. The third-order valence-electron chi connectivity index (χ3n) is 4.48. The van der Waals surface area contributed by atoms with Crippen molar-refractivity contribution in [1.29, 1.82) is 0 Å². The van der Waals surface area contributed by atoms with E-state index in [0.717, 1.165) is 18.8 Å². The van der Waals surface area contributed by atoms with Crippen LogP contribution in [0.15, 0.2) is 18.3 Å². The van der Waals surface area contributed by atoms with Crippen molar-refractivity contribution >= 4 is 11.6 Å². The highest BCUT2D eigenvalue weighted by Crippen LogP contribution is 2.22. The number of aromatic nitrogens is 3. The van der Waals surface area contributed by atoms with Gasteiger partial charge in [0.2, 0.25) is 0 Å². The Kier molecular flexibility index (Phi) is 4.11. The van der Waals surface area contributed by atoms with Crippen LogP contribution in [0.1, 0.15) is 42.9 Å². The second-order valence-corrected chi connectivity index (χ2v) is 6.37. The molecule has 0 bridgehead atoms. The Morgan fingerprint density at radius 1 is 1.45 bits per heavy atom. The SMILES string of the molecule is CC(C)N1CCCC(Cc2nnc3cc(C(=O)O)ccn23)C1. The van der Waals surface area contributed by atoms with E-state index >= 15 is 0 Å². The summed E-state index contributed by atoms with van der Waals surface area (Å²) in [7, 11) is 0. The maximum Gasteiger partial charge on any atom is 0.335 e. The summed E-state index contributed by atoms with van der Waals surface area (Å²) in [5, 5.41) is 17.4. The molecular weight excluding hydrogens is 280 g/mol. The van der Waals surface area contributed by atoms with Gasteiger partial charge in [0.1, 0.15) is 5.82 Å². The molecule has 1 unspecified atom stereocenters. The first-order valence-corrected chi connectivity index (χ1v) is 7.85. The zero-order chi connectivity index (χ0) is 15.7. The molecule has 1 N–H and O–H groups in total. The van der Waals surface area contributed by atoms with Gasteiger partial charge in [-0.25, -0.2) is 4.79 Å². The summed E-state index contributed by atoms with van der Waals surface area (Å²) < 4.78 is 1.90. The lowest BCUT2D eigenvalue weighted by molar-refractivity contribution is 0.0697. The number of rotatable bonds is 4. The number of pyridine rings is 1. The molecule has 1 atom stereocenters. The average molecular weight is 302 g/mol. The Balaban J connectivity index is 1.78. The van der Waals surface area contributed by atoms with E-state index in [-0.39, 0.29) is 5.56 Å². The molecule has 118 valence electrons. The summed E-state index contributed by atoms with van der Waals surface area (Å²) in [6, 6.07) is 3.75. The van der Waals surface area contributed by atoms with Crippen LogP contribution >= 0.6 is 0 Å². The molecule has 0 amide bonds. The van der Waals surface area contributed by atoms with E-state index in [1.807, 2.05) is 4.40 Å². The molecule has 6 heteroatoms. The van der Waals surface area contributed by atoms with Gasteiger partial charge < -0.3 is 10.0 Å². The molecule has 3 heterocycles. The lowest BCUT2D eigenvalue weighted by Crippen LogP contribution is -2.40. The van der Waals surface area contributed by atoms with Gasteiger partial charge in [0.05, 0.1) is 5.56 Å². The summed E-state index contributed by atoms with van der Waals surface area (Å²) in [5.74, 6) is 0.567. The first-order valence-electron chi connectivity index (χ1n) is 7.85. The van der Waals surface area contributed by atoms with Gasteiger partial charge in [0.25, 0.3) is 0 Å². The normalized spacial score (nSPS) is 19.9. The van der Waals surface area contributed by atoms with Gasteiger partial charge in [-0.3, -0.25) is 4.40 Å². The molecule has 0 radical (unpaired) electrons. The molecule has 0 saturated carbocycles. The van der Waals surface area contributed by atoms with Crippen LogP contribution in [0.25, 0.3) is 5.65 Å². The van der Waals surface area contributed by atoms with E-state index in [2.05, 4.69) is 28.9 Å². The van der Waals surface area contributed by atoms with Crippen LogP contribution in [0, 0.1) is 5.92 Å². The summed E-state index contributed by atoms with van der Waals surface area (Å²) in [6.07, 6.45) is 5.09. The summed E-state index contributed by atoms with van der Waals surface area (Å²) in [4.78, 5) is 13.5. The molecule has 0 spiro atoms. The Labute approximate surface area is 129 Å². The first kappa shape index (κ1) is 15.0. The Morgan fingerprint density at radius 2 is 2.27 bits per heavy atom. The smallest absolute Gasteiger partial charge is 0.335 e. The van der Waals surface area contributed by atoms with Crippen LogP contribution in [0.3, 0.4) is 0 Å². The molecule has 6 nitrogen and oxygen atoms in total. The predicted octanol–water partition coefficient (Wildman–Crippen LogP) is 2.09. The highest BCUT2D eigenvalue weighted by atomic mass is 16.4. The number of fused-ring (bicyclic) bond motifs is 1. The van der Waals surface area contributed by atoms with Crippen molar-refractivity contribution in [1.82, 2.24) is 19.5 Å². The van der Waals surface area contributed by atoms with Gasteiger partial charge in [0, 0.05) is 25.2 Å². The zero-order valence-electron chi connectivity index (χ0n) is 13.1. The zero-order valence-corrected chi connectivity index (χ0v) is 13.1. The average Bonchev–Trinajstić information content (AvgIpc) is 2.90. The molecule has 1 fully saturated rings. The molecule has 1 aliphatic heterocycles. The van der Waals surface area contributed by atoms with Crippen LogP contribution < -0.4 is 0 Å². The number of piperidine rings is 1. The molecule has 1 aliphatic rings. The van der Waals surface area contributed by atoms with E-state index in [1.165, 1.54) is 19.4 Å². The van der Waals surface area contributed by atoms with Crippen LogP contribution in [0.4, 0.5) is 0 Å². The third-order valence-corrected chi connectivity index (χ3v) is 4.48. The number of carboxylic acid groups (broad SMARTS) is 1. The molecule has 22 heavy (non-hydrogen) atoms. The van der Waals surface area contributed by atoms with Gasteiger partial charge in [-0.2, -0.15) is 0 Å². The quantitative estimate of drug-likeness (QED) is 0.936. The minimum Gasteiger partial charge on any atom is -0.478 e. The Bertz CT molecular complexity index is 680. The van der Waals surface area contributed by atoms with Crippen molar-refractivity contribution in [3.8, 4) is 0 Å².